The molecule has 1 saturated heterocycles. The molecule has 1 amide bonds. The Labute approximate surface area is 184 Å². The van der Waals surface area contributed by atoms with E-state index in [0.29, 0.717) is 35.6 Å². The lowest BCUT2D eigenvalue weighted by Crippen LogP contribution is -2.48. The van der Waals surface area contributed by atoms with Crippen molar-refractivity contribution in [3.8, 4) is 11.4 Å². The van der Waals surface area contributed by atoms with Gasteiger partial charge in [0.05, 0.1) is 30.8 Å². The van der Waals surface area contributed by atoms with Gasteiger partial charge in [0.25, 0.3) is 0 Å². The number of halogens is 1. The Balaban J connectivity index is 1.53. The molecular weight excluding hydrogens is 424 g/mol. The highest BCUT2D eigenvalue weighted by Crippen LogP contribution is 2.27. The minimum atomic E-state index is 0.0433. The fourth-order valence-electron chi connectivity index (χ4n) is 3.51. The number of nitrogens with zero attached hydrogens (tertiary/aromatic N) is 4. The van der Waals surface area contributed by atoms with Crippen molar-refractivity contribution in [3.63, 3.8) is 0 Å². The van der Waals surface area contributed by atoms with Gasteiger partial charge in [0, 0.05) is 23.7 Å². The van der Waals surface area contributed by atoms with E-state index in [1.54, 1.807) is 6.26 Å². The Morgan fingerprint density at radius 3 is 2.57 bits per heavy atom. The van der Waals surface area contributed by atoms with Gasteiger partial charge in [0.1, 0.15) is 5.76 Å². The zero-order valence-electron chi connectivity index (χ0n) is 16.8. The summed E-state index contributed by atoms with van der Waals surface area (Å²) in [6.07, 6.45) is 1.72. The number of carbonyl (C=O) groups excluding carboxylic acids is 1. The fraction of sp³-hybridized carbons (Fsp3) is 0.381. The molecule has 0 N–H and O–H groups in total. The van der Waals surface area contributed by atoms with Crippen molar-refractivity contribution in [3.05, 3.63) is 53.4 Å². The Bertz CT molecular complexity index is 980. The van der Waals surface area contributed by atoms with Crippen LogP contribution in [0, 0.1) is 0 Å². The molecule has 0 aliphatic carbocycles. The van der Waals surface area contributed by atoms with Crippen molar-refractivity contribution < 1.29 is 13.9 Å². The van der Waals surface area contributed by atoms with Crippen molar-refractivity contribution in [1.82, 2.24) is 19.7 Å². The molecule has 1 aliphatic heterocycles. The van der Waals surface area contributed by atoms with Crippen LogP contribution < -0.4 is 0 Å². The van der Waals surface area contributed by atoms with E-state index >= 15 is 0 Å². The molecular formula is C21H23ClN4O3S. The predicted molar refractivity (Wildman–Crippen MR) is 116 cm³/mol. The number of thioether (sulfide) groups is 1. The van der Waals surface area contributed by atoms with Crippen molar-refractivity contribution in [2.24, 2.45) is 0 Å². The Kier molecular flexibility index (Phi) is 6.46. The van der Waals surface area contributed by atoms with Crippen LogP contribution in [-0.2, 0) is 16.1 Å². The second kappa shape index (κ2) is 9.24. The number of benzene rings is 1. The lowest BCUT2D eigenvalue weighted by molar-refractivity contribution is -0.140. The minimum Gasteiger partial charge on any atom is -0.467 e. The fourth-order valence-corrected chi connectivity index (χ4v) is 4.47. The van der Waals surface area contributed by atoms with Crippen LogP contribution in [0.4, 0.5) is 0 Å². The summed E-state index contributed by atoms with van der Waals surface area (Å²) in [6.45, 7) is 5.67. The number of hydrogen-bond donors (Lipinski definition) is 0. The van der Waals surface area contributed by atoms with Crippen LogP contribution in [0.5, 0.6) is 0 Å². The van der Waals surface area contributed by atoms with E-state index in [1.807, 2.05) is 59.7 Å². The number of aromatic nitrogens is 3. The lowest BCUT2D eigenvalue weighted by Gasteiger charge is -2.35. The van der Waals surface area contributed by atoms with Gasteiger partial charge in [-0.05, 0) is 50.2 Å². The zero-order valence-corrected chi connectivity index (χ0v) is 18.4. The average molecular weight is 447 g/mol. The van der Waals surface area contributed by atoms with Gasteiger partial charge in [-0.2, -0.15) is 0 Å². The van der Waals surface area contributed by atoms with Crippen molar-refractivity contribution in [2.75, 3.05) is 18.8 Å². The van der Waals surface area contributed by atoms with Gasteiger partial charge in [-0.15, -0.1) is 10.2 Å². The standard InChI is InChI=1S/C21H23ClN4O3S/c1-14-10-25(11-15(2)29-14)19(27)13-30-21-24-23-20(16-5-7-17(22)8-6-16)26(21)12-18-4-3-9-28-18/h3-9,14-15H,10-13H2,1-2H3. The second-order valence-electron chi connectivity index (χ2n) is 7.32. The van der Waals surface area contributed by atoms with Gasteiger partial charge in [-0.25, -0.2) is 0 Å². The number of carbonyl (C=O) groups is 1. The molecule has 0 saturated carbocycles. The Morgan fingerprint density at radius 1 is 1.17 bits per heavy atom. The van der Waals surface area contributed by atoms with E-state index in [1.165, 1.54) is 11.8 Å². The Morgan fingerprint density at radius 2 is 1.90 bits per heavy atom. The normalized spacial score (nSPS) is 19.2. The molecule has 0 radical (unpaired) electrons. The Hall–Kier alpha value is -2.29. The number of rotatable bonds is 6. The summed E-state index contributed by atoms with van der Waals surface area (Å²) in [6, 6.07) is 11.2. The van der Waals surface area contributed by atoms with Gasteiger partial charge < -0.3 is 14.1 Å². The van der Waals surface area contributed by atoms with Crippen LogP contribution in [0.15, 0.2) is 52.2 Å². The third-order valence-corrected chi connectivity index (χ3v) is 6.01. The number of morpholine rings is 1. The number of hydrogen-bond acceptors (Lipinski definition) is 6. The molecule has 1 aromatic carbocycles. The van der Waals surface area contributed by atoms with E-state index in [9.17, 15) is 4.79 Å². The minimum absolute atomic E-state index is 0.0433. The van der Waals surface area contributed by atoms with Crippen LogP contribution in [0.3, 0.4) is 0 Å². The van der Waals surface area contributed by atoms with Crippen LogP contribution in [-0.4, -0.2) is 56.6 Å². The van der Waals surface area contributed by atoms with E-state index in [2.05, 4.69) is 10.2 Å². The number of amides is 1. The quantitative estimate of drug-likeness (QED) is 0.533. The van der Waals surface area contributed by atoms with Gasteiger partial charge in [0.15, 0.2) is 11.0 Å². The summed E-state index contributed by atoms with van der Waals surface area (Å²) >= 11 is 7.41. The molecule has 1 fully saturated rings. The highest BCUT2D eigenvalue weighted by atomic mass is 35.5. The van der Waals surface area contributed by atoms with E-state index in [4.69, 9.17) is 20.8 Å². The number of ether oxygens (including phenoxy) is 1. The highest BCUT2D eigenvalue weighted by molar-refractivity contribution is 7.99. The maximum atomic E-state index is 12.8. The molecule has 2 aromatic heterocycles. The topological polar surface area (TPSA) is 73.4 Å². The SMILES string of the molecule is CC1CN(C(=O)CSc2nnc(-c3ccc(Cl)cc3)n2Cc2ccco2)CC(C)O1. The molecule has 2 atom stereocenters. The maximum Gasteiger partial charge on any atom is 0.233 e. The van der Waals surface area contributed by atoms with Crippen LogP contribution >= 0.6 is 23.4 Å². The molecule has 30 heavy (non-hydrogen) atoms. The summed E-state index contributed by atoms with van der Waals surface area (Å²) < 4.78 is 13.2. The molecule has 3 heterocycles. The predicted octanol–water partition coefficient (Wildman–Crippen LogP) is 3.97. The molecule has 0 bridgehead atoms. The first-order valence-electron chi connectivity index (χ1n) is 9.77. The first-order valence-corrected chi connectivity index (χ1v) is 11.1. The summed E-state index contributed by atoms with van der Waals surface area (Å²) in [5, 5.41) is 10.0. The molecule has 7 nitrogen and oxygen atoms in total. The summed E-state index contributed by atoms with van der Waals surface area (Å²) in [5.74, 6) is 1.85. The third-order valence-electron chi connectivity index (χ3n) is 4.81. The molecule has 2 unspecified atom stereocenters. The number of furan rings is 1. The smallest absolute Gasteiger partial charge is 0.233 e. The van der Waals surface area contributed by atoms with E-state index in [-0.39, 0.29) is 23.9 Å². The largest absolute Gasteiger partial charge is 0.467 e. The molecule has 158 valence electrons. The maximum absolute atomic E-state index is 12.8. The van der Waals surface area contributed by atoms with Crippen LogP contribution in [0.25, 0.3) is 11.4 Å². The first-order chi connectivity index (χ1) is 14.5. The molecule has 0 spiro atoms. The summed E-state index contributed by atoms with van der Waals surface area (Å²) in [5.41, 5.74) is 0.896. The lowest BCUT2D eigenvalue weighted by atomic mass is 10.2. The monoisotopic (exact) mass is 446 g/mol. The average Bonchev–Trinajstić information content (AvgIpc) is 3.37. The first kappa shape index (κ1) is 21.0. The van der Waals surface area contributed by atoms with E-state index < -0.39 is 0 Å². The van der Waals surface area contributed by atoms with Gasteiger partial charge in [-0.1, -0.05) is 23.4 Å². The zero-order chi connectivity index (χ0) is 21.1. The molecule has 4 rings (SSSR count). The van der Waals surface area contributed by atoms with E-state index in [0.717, 1.165) is 11.3 Å². The van der Waals surface area contributed by atoms with Crippen LogP contribution in [0.2, 0.25) is 5.02 Å². The molecule has 9 heteroatoms. The highest BCUT2D eigenvalue weighted by Gasteiger charge is 2.26. The van der Waals surface area contributed by atoms with Crippen LogP contribution in [0.1, 0.15) is 19.6 Å². The molecule has 1 aliphatic rings. The van der Waals surface area contributed by atoms with Gasteiger partial charge >= 0.3 is 0 Å². The van der Waals surface area contributed by atoms with Crippen molar-refractivity contribution >= 4 is 29.3 Å². The summed E-state index contributed by atoms with van der Waals surface area (Å²) in [4.78, 5) is 14.6. The van der Waals surface area contributed by atoms with Gasteiger partial charge in [0.2, 0.25) is 5.91 Å². The van der Waals surface area contributed by atoms with Crippen molar-refractivity contribution in [2.45, 2.75) is 37.8 Å². The summed E-state index contributed by atoms with van der Waals surface area (Å²) in [7, 11) is 0. The molecule has 3 aromatic rings. The van der Waals surface area contributed by atoms with Gasteiger partial charge in [-0.3, -0.25) is 9.36 Å². The second-order valence-corrected chi connectivity index (χ2v) is 8.70. The van der Waals surface area contributed by atoms with Crippen molar-refractivity contribution in [1.29, 1.82) is 0 Å². The third kappa shape index (κ3) is 4.88.